The van der Waals surface area contributed by atoms with Crippen LogP contribution in [0.1, 0.15) is 32.4 Å². The lowest BCUT2D eigenvalue weighted by Crippen LogP contribution is -2.43. The SMILES string of the molecule is CCNC(=NCC(c1ccc(OC)cc1)N1CCOCC1)NC(C)C.I. The Labute approximate surface area is 174 Å². The fourth-order valence-electron chi connectivity index (χ4n) is 2.92. The third-order valence-electron chi connectivity index (χ3n) is 4.18. The van der Waals surface area contributed by atoms with E-state index in [4.69, 9.17) is 14.5 Å². The molecular formula is C19H33IN4O2. The third-order valence-corrected chi connectivity index (χ3v) is 4.18. The number of nitrogens with one attached hydrogen (secondary N) is 2. The number of ether oxygens (including phenoxy) is 2. The standard InChI is InChI=1S/C19H32N4O2.HI/c1-5-20-19(22-15(2)3)21-14-18(23-10-12-25-13-11-23)16-6-8-17(24-4)9-7-16;/h6-9,15,18H,5,10-14H2,1-4H3,(H2,20,21,22);1H. The van der Waals surface area contributed by atoms with Gasteiger partial charge in [-0.25, -0.2) is 0 Å². The number of methoxy groups -OCH3 is 1. The lowest BCUT2D eigenvalue weighted by Gasteiger charge is -2.34. The summed E-state index contributed by atoms with van der Waals surface area (Å²) in [6.07, 6.45) is 0. The Morgan fingerprint density at radius 3 is 2.42 bits per heavy atom. The van der Waals surface area contributed by atoms with E-state index in [2.05, 4.69) is 48.4 Å². The van der Waals surface area contributed by atoms with Gasteiger partial charge in [0, 0.05) is 25.7 Å². The first kappa shape index (κ1) is 23.0. The molecule has 26 heavy (non-hydrogen) atoms. The van der Waals surface area contributed by atoms with E-state index in [1.54, 1.807) is 7.11 Å². The largest absolute Gasteiger partial charge is 0.497 e. The fraction of sp³-hybridized carbons (Fsp3) is 0.632. The van der Waals surface area contributed by atoms with Crippen molar-refractivity contribution in [3.05, 3.63) is 29.8 Å². The van der Waals surface area contributed by atoms with Crippen molar-refractivity contribution in [3.8, 4) is 5.75 Å². The molecule has 0 saturated carbocycles. The van der Waals surface area contributed by atoms with Crippen molar-refractivity contribution < 1.29 is 9.47 Å². The highest BCUT2D eigenvalue weighted by atomic mass is 127. The predicted octanol–water partition coefficient (Wildman–Crippen LogP) is 2.65. The highest BCUT2D eigenvalue weighted by Gasteiger charge is 2.22. The average Bonchev–Trinajstić information content (AvgIpc) is 2.63. The summed E-state index contributed by atoms with van der Waals surface area (Å²) in [5, 5.41) is 6.70. The molecule has 1 aromatic rings. The van der Waals surface area contributed by atoms with E-state index in [0.29, 0.717) is 12.6 Å². The minimum Gasteiger partial charge on any atom is -0.497 e. The first-order chi connectivity index (χ1) is 12.1. The van der Waals surface area contributed by atoms with Crippen molar-refractivity contribution in [1.29, 1.82) is 0 Å². The van der Waals surface area contributed by atoms with E-state index < -0.39 is 0 Å². The van der Waals surface area contributed by atoms with Gasteiger partial charge in [-0.05, 0) is 38.5 Å². The number of benzene rings is 1. The van der Waals surface area contributed by atoms with E-state index in [1.807, 2.05) is 12.1 Å². The molecule has 6 nitrogen and oxygen atoms in total. The monoisotopic (exact) mass is 476 g/mol. The van der Waals surface area contributed by atoms with Crippen molar-refractivity contribution in [3.63, 3.8) is 0 Å². The van der Waals surface area contributed by atoms with Crippen LogP contribution in [0.3, 0.4) is 0 Å². The Morgan fingerprint density at radius 2 is 1.88 bits per heavy atom. The van der Waals surface area contributed by atoms with Crippen molar-refractivity contribution in [2.24, 2.45) is 4.99 Å². The van der Waals surface area contributed by atoms with Gasteiger partial charge in [0.1, 0.15) is 5.75 Å². The summed E-state index contributed by atoms with van der Waals surface area (Å²) in [7, 11) is 1.69. The van der Waals surface area contributed by atoms with Crippen LogP contribution in [-0.2, 0) is 4.74 Å². The summed E-state index contributed by atoms with van der Waals surface area (Å²) < 4.78 is 10.8. The van der Waals surface area contributed by atoms with E-state index in [1.165, 1.54) is 5.56 Å². The first-order valence-corrected chi connectivity index (χ1v) is 9.14. The molecule has 7 heteroatoms. The lowest BCUT2D eigenvalue weighted by atomic mass is 10.0. The van der Waals surface area contributed by atoms with Crippen LogP contribution < -0.4 is 15.4 Å². The van der Waals surface area contributed by atoms with E-state index in [0.717, 1.165) is 44.6 Å². The van der Waals surface area contributed by atoms with Crippen LogP contribution in [-0.4, -0.2) is 63.4 Å². The van der Waals surface area contributed by atoms with Gasteiger partial charge in [-0.15, -0.1) is 24.0 Å². The summed E-state index contributed by atoms with van der Waals surface area (Å²) in [5.41, 5.74) is 1.26. The maximum atomic E-state index is 5.52. The number of hydrogen-bond donors (Lipinski definition) is 2. The normalized spacial score (nSPS) is 16.7. The lowest BCUT2D eigenvalue weighted by molar-refractivity contribution is 0.0179. The summed E-state index contributed by atoms with van der Waals surface area (Å²) >= 11 is 0. The predicted molar refractivity (Wildman–Crippen MR) is 118 cm³/mol. The van der Waals surface area contributed by atoms with E-state index >= 15 is 0 Å². The Bertz CT molecular complexity index is 531. The van der Waals surface area contributed by atoms with Crippen molar-refractivity contribution in [1.82, 2.24) is 15.5 Å². The zero-order valence-corrected chi connectivity index (χ0v) is 18.7. The van der Waals surface area contributed by atoms with E-state index in [-0.39, 0.29) is 30.0 Å². The zero-order valence-electron chi connectivity index (χ0n) is 16.3. The Morgan fingerprint density at radius 1 is 1.23 bits per heavy atom. The number of morpholine rings is 1. The van der Waals surface area contributed by atoms with Crippen molar-refractivity contribution in [2.75, 3.05) is 46.5 Å². The van der Waals surface area contributed by atoms with Crippen LogP contribution in [0.5, 0.6) is 5.75 Å². The molecular weight excluding hydrogens is 443 g/mol. The van der Waals surface area contributed by atoms with Crippen LogP contribution in [0, 0.1) is 0 Å². The molecule has 2 rings (SSSR count). The molecule has 1 fully saturated rings. The van der Waals surface area contributed by atoms with Gasteiger partial charge in [-0.2, -0.15) is 0 Å². The average molecular weight is 476 g/mol. The molecule has 0 aliphatic carbocycles. The number of rotatable bonds is 7. The van der Waals surface area contributed by atoms with Gasteiger partial charge in [-0.3, -0.25) is 9.89 Å². The Hall–Kier alpha value is -1.06. The summed E-state index contributed by atoms with van der Waals surface area (Å²) in [5.74, 6) is 1.74. The molecule has 1 unspecified atom stereocenters. The number of hydrogen-bond acceptors (Lipinski definition) is 4. The topological polar surface area (TPSA) is 58.1 Å². The van der Waals surface area contributed by atoms with Crippen LogP contribution in [0.4, 0.5) is 0 Å². The molecule has 0 aromatic heterocycles. The molecule has 0 spiro atoms. The van der Waals surface area contributed by atoms with E-state index in [9.17, 15) is 0 Å². The molecule has 1 aliphatic heterocycles. The van der Waals surface area contributed by atoms with Gasteiger partial charge in [0.25, 0.3) is 0 Å². The van der Waals surface area contributed by atoms with Crippen LogP contribution in [0.2, 0.25) is 0 Å². The molecule has 1 aromatic carbocycles. The number of halogens is 1. The second-order valence-corrected chi connectivity index (χ2v) is 6.46. The number of nitrogens with zero attached hydrogens (tertiary/aromatic N) is 2. The van der Waals surface area contributed by atoms with Crippen LogP contribution in [0.25, 0.3) is 0 Å². The molecule has 1 saturated heterocycles. The minimum absolute atomic E-state index is 0. The second-order valence-electron chi connectivity index (χ2n) is 6.46. The fourth-order valence-corrected chi connectivity index (χ4v) is 2.92. The van der Waals surface area contributed by atoms with Crippen molar-refractivity contribution in [2.45, 2.75) is 32.9 Å². The minimum atomic E-state index is 0. The van der Waals surface area contributed by atoms with Gasteiger partial charge in [0.15, 0.2) is 5.96 Å². The molecule has 148 valence electrons. The van der Waals surface area contributed by atoms with Gasteiger partial charge < -0.3 is 20.1 Å². The summed E-state index contributed by atoms with van der Waals surface area (Å²) in [6, 6.07) is 8.89. The van der Waals surface area contributed by atoms with Gasteiger partial charge in [-0.1, -0.05) is 12.1 Å². The molecule has 1 atom stereocenters. The van der Waals surface area contributed by atoms with Gasteiger partial charge in [0.2, 0.25) is 0 Å². The quantitative estimate of drug-likeness (QED) is 0.360. The Kier molecular flexibility index (Phi) is 10.9. The van der Waals surface area contributed by atoms with Crippen molar-refractivity contribution >= 4 is 29.9 Å². The highest BCUT2D eigenvalue weighted by Crippen LogP contribution is 2.24. The molecule has 0 bridgehead atoms. The number of aliphatic imine (C=N–C) groups is 1. The van der Waals surface area contributed by atoms with Gasteiger partial charge in [0.05, 0.1) is 32.9 Å². The first-order valence-electron chi connectivity index (χ1n) is 9.14. The third kappa shape index (κ3) is 7.28. The highest BCUT2D eigenvalue weighted by molar-refractivity contribution is 14.0. The second kappa shape index (κ2) is 12.3. The number of guanidine groups is 1. The summed E-state index contributed by atoms with van der Waals surface area (Å²) in [4.78, 5) is 7.28. The maximum Gasteiger partial charge on any atom is 0.191 e. The summed E-state index contributed by atoms with van der Waals surface area (Å²) in [6.45, 7) is 11.3. The molecule has 1 heterocycles. The molecule has 0 radical (unpaired) electrons. The molecule has 2 N–H and O–H groups in total. The Balaban J connectivity index is 0.00000338. The molecule has 0 amide bonds. The molecule has 1 aliphatic rings. The zero-order chi connectivity index (χ0) is 18.1. The smallest absolute Gasteiger partial charge is 0.191 e. The maximum absolute atomic E-state index is 5.52. The van der Waals surface area contributed by atoms with Crippen LogP contribution in [0.15, 0.2) is 29.3 Å². The van der Waals surface area contributed by atoms with Crippen LogP contribution >= 0.6 is 24.0 Å². The van der Waals surface area contributed by atoms with Gasteiger partial charge >= 0.3 is 0 Å².